The van der Waals surface area contributed by atoms with Gasteiger partial charge in [0.25, 0.3) is 0 Å². The van der Waals surface area contributed by atoms with Crippen molar-refractivity contribution in [3.05, 3.63) is 12.4 Å². The van der Waals surface area contributed by atoms with Crippen molar-refractivity contribution in [2.75, 3.05) is 7.05 Å². The van der Waals surface area contributed by atoms with Crippen LogP contribution < -0.4 is 0 Å². The van der Waals surface area contributed by atoms with E-state index in [1.54, 1.807) is 25.1 Å². The second kappa shape index (κ2) is 2.38. The molecule has 0 aromatic carbocycles. The number of rotatable bonds is 1. The van der Waals surface area contributed by atoms with E-state index < -0.39 is 16.5 Å². The van der Waals surface area contributed by atoms with E-state index in [1.165, 1.54) is 6.20 Å². The smallest absolute Gasteiger partial charge is 0.185 e. The van der Waals surface area contributed by atoms with E-state index in [9.17, 15) is 13.0 Å². The standard InChI is InChI=1S/C5H10N2O3S/c1-5-6(2)3-4-7(5)11(8,9)10/h3-5H,1-2H3,(H,8,9,10)/p-1. The molecule has 1 atom stereocenters. The van der Waals surface area contributed by atoms with Crippen LogP contribution in [-0.2, 0) is 10.3 Å². The lowest BCUT2D eigenvalue weighted by atomic mass is 10.6. The van der Waals surface area contributed by atoms with Crippen LogP contribution in [0.5, 0.6) is 0 Å². The first-order valence-corrected chi connectivity index (χ1v) is 4.44. The maximum atomic E-state index is 10.5. The first kappa shape index (κ1) is 8.35. The second-order valence-electron chi connectivity index (χ2n) is 2.38. The van der Waals surface area contributed by atoms with Gasteiger partial charge in [-0.1, -0.05) is 0 Å². The molecule has 0 aliphatic carbocycles. The Morgan fingerprint density at radius 1 is 1.45 bits per heavy atom. The molecule has 0 radical (unpaired) electrons. The molecule has 0 spiro atoms. The van der Waals surface area contributed by atoms with Gasteiger partial charge in [-0.2, -0.15) is 0 Å². The van der Waals surface area contributed by atoms with Gasteiger partial charge in [-0.3, -0.25) is 4.31 Å². The predicted octanol–water partition coefficient (Wildman–Crippen LogP) is -0.489. The van der Waals surface area contributed by atoms with Crippen molar-refractivity contribution in [2.24, 2.45) is 0 Å². The third kappa shape index (κ3) is 1.46. The van der Waals surface area contributed by atoms with Crippen molar-refractivity contribution in [2.45, 2.75) is 13.1 Å². The molecule has 0 saturated carbocycles. The highest BCUT2D eigenvalue weighted by Crippen LogP contribution is 2.15. The van der Waals surface area contributed by atoms with Crippen molar-refractivity contribution in [3.63, 3.8) is 0 Å². The van der Waals surface area contributed by atoms with Crippen LogP contribution in [0.1, 0.15) is 6.92 Å². The summed E-state index contributed by atoms with van der Waals surface area (Å²) < 4.78 is 32.2. The van der Waals surface area contributed by atoms with E-state index in [0.29, 0.717) is 0 Å². The molecule has 1 unspecified atom stereocenters. The summed E-state index contributed by atoms with van der Waals surface area (Å²) in [6, 6.07) is 0. The second-order valence-corrected chi connectivity index (χ2v) is 3.66. The minimum absolute atomic E-state index is 0.405. The van der Waals surface area contributed by atoms with Gasteiger partial charge in [0, 0.05) is 19.4 Å². The quantitative estimate of drug-likeness (QED) is 0.507. The fourth-order valence-corrected chi connectivity index (χ4v) is 1.59. The molecule has 0 saturated heterocycles. The van der Waals surface area contributed by atoms with E-state index in [-0.39, 0.29) is 0 Å². The molecular weight excluding hydrogens is 168 g/mol. The molecule has 0 bridgehead atoms. The molecule has 6 heteroatoms. The fraction of sp³-hybridized carbons (Fsp3) is 0.600. The lowest BCUT2D eigenvalue weighted by molar-refractivity contribution is 0.253. The van der Waals surface area contributed by atoms with E-state index in [1.807, 2.05) is 0 Å². The van der Waals surface area contributed by atoms with Gasteiger partial charge >= 0.3 is 0 Å². The molecule has 0 N–H and O–H groups in total. The SMILES string of the molecule is CC1N(C)C=CN1S(=O)(=O)[O-]. The lowest BCUT2D eigenvalue weighted by Gasteiger charge is -2.28. The van der Waals surface area contributed by atoms with Crippen molar-refractivity contribution in [1.82, 2.24) is 9.21 Å². The molecular formula is C5H9N2O3S-. The van der Waals surface area contributed by atoms with Crippen LogP contribution in [0.25, 0.3) is 0 Å². The Hall–Kier alpha value is -0.750. The summed E-state index contributed by atoms with van der Waals surface area (Å²) in [6.07, 6.45) is 2.39. The predicted molar refractivity (Wildman–Crippen MR) is 37.9 cm³/mol. The van der Waals surface area contributed by atoms with Crippen LogP contribution in [0.15, 0.2) is 12.4 Å². The highest BCUT2D eigenvalue weighted by atomic mass is 32.2. The monoisotopic (exact) mass is 177 g/mol. The van der Waals surface area contributed by atoms with Gasteiger partial charge in [0.05, 0.1) is 0 Å². The molecule has 11 heavy (non-hydrogen) atoms. The van der Waals surface area contributed by atoms with E-state index >= 15 is 0 Å². The summed E-state index contributed by atoms with van der Waals surface area (Å²) in [6.45, 7) is 1.63. The maximum Gasteiger partial charge on any atom is 0.185 e. The lowest BCUT2D eigenvalue weighted by Crippen LogP contribution is -2.37. The van der Waals surface area contributed by atoms with Crippen LogP contribution in [0.2, 0.25) is 0 Å². The third-order valence-corrected chi connectivity index (χ3v) is 2.61. The summed E-state index contributed by atoms with van der Waals surface area (Å²) in [5.74, 6) is 0. The van der Waals surface area contributed by atoms with Crippen molar-refractivity contribution < 1.29 is 13.0 Å². The Labute approximate surface area is 65.8 Å². The Bertz CT molecular complexity index is 271. The summed E-state index contributed by atoms with van der Waals surface area (Å²) in [5.41, 5.74) is 0. The van der Waals surface area contributed by atoms with Crippen LogP contribution in [0.3, 0.4) is 0 Å². The average molecular weight is 177 g/mol. The van der Waals surface area contributed by atoms with Gasteiger partial charge in [0.2, 0.25) is 0 Å². The molecule has 0 aromatic rings. The van der Waals surface area contributed by atoms with Gasteiger partial charge in [-0.05, 0) is 6.92 Å². The van der Waals surface area contributed by atoms with Gasteiger partial charge < -0.3 is 9.45 Å². The van der Waals surface area contributed by atoms with E-state index in [0.717, 1.165) is 4.31 Å². The number of hydrogen-bond donors (Lipinski definition) is 0. The van der Waals surface area contributed by atoms with Crippen LogP contribution in [0.4, 0.5) is 0 Å². The van der Waals surface area contributed by atoms with Crippen LogP contribution >= 0.6 is 0 Å². The first-order valence-electron chi connectivity index (χ1n) is 3.07. The molecule has 0 fully saturated rings. The zero-order valence-electron chi connectivity index (χ0n) is 6.26. The molecule has 0 amide bonds. The largest absolute Gasteiger partial charge is 0.731 e. The Morgan fingerprint density at radius 3 is 2.18 bits per heavy atom. The molecule has 5 nitrogen and oxygen atoms in total. The van der Waals surface area contributed by atoms with Gasteiger partial charge in [-0.15, -0.1) is 0 Å². The minimum Gasteiger partial charge on any atom is -0.731 e. The first-order chi connectivity index (χ1) is 4.93. The number of nitrogens with zero attached hydrogens (tertiary/aromatic N) is 2. The Morgan fingerprint density at radius 2 is 2.00 bits per heavy atom. The van der Waals surface area contributed by atoms with Gasteiger partial charge in [0.1, 0.15) is 6.17 Å². The van der Waals surface area contributed by atoms with Crippen molar-refractivity contribution in [3.8, 4) is 0 Å². The zero-order valence-corrected chi connectivity index (χ0v) is 7.08. The molecule has 1 rings (SSSR count). The molecule has 1 heterocycles. The van der Waals surface area contributed by atoms with E-state index in [4.69, 9.17) is 0 Å². The van der Waals surface area contributed by atoms with Crippen LogP contribution in [-0.4, -0.2) is 35.4 Å². The molecule has 64 valence electrons. The number of hydrogen-bond acceptors (Lipinski definition) is 4. The highest BCUT2D eigenvalue weighted by molar-refractivity contribution is 7.83. The van der Waals surface area contributed by atoms with Crippen LogP contribution in [0, 0.1) is 0 Å². The van der Waals surface area contributed by atoms with E-state index in [2.05, 4.69) is 0 Å². The fourth-order valence-electron chi connectivity index (χ4n) is 0.861. The molecule has 0 aromatic heterocycles. The summed E-state index contributed by atoms with van der Waals surface area (Å²) in [7, 11) is -2.63. The van der Waals surface area contributed by atoms with Gasteiger partial charge in [0.15, 0.2) is 10.3 Å². The molecule has 1 aliphatic rings. The minimum atomic E-state index is -4.33. The Kier molecular flexibility index (Phi) is 1.81. The summed E-state index contributed by atoms with van der Waals surface area (Å²) in [5, 5.41) is 0. The zero-order chi connectivity index (χ0) is 8.65. The topological polar surface area (TPSA) is 63.7 Å². The average Bonchev–Trinajstić information content (AvgIpc) is 2.11. The maximum absolute atomic E-state index is 10.5. The summed E-state index contributed by atoms with van der Waals surface area (Å²) in [4.78, 5) is 1.63. The van der Waals surface area contributed by atoms with Gasteiger partial charge in [-0.25, -0.2) is 8.42 Å². The van der Waals surface area contributed by atoms with Crippen molar-refractivity contribution in [1.29, 1.82) is 0 Å². The third-order valence-electron chi connectivity index (χ3n) is 1.66. The molecule has 1 aliphatic heterocycles. The normalized spacial score (nSPS) is 24.8. The summed E-state index contributed by atoms with van der Waals surface area (Å²) >= 11 is 0. The Balaban J connectivity index is 2.88. The van der Waals surface area contributed by atoms with Crippen molar-refractivity contribution >= 4 is 10.3 Å². The highest BCUT2D eigenvalue weighted by Gasteiger charge is 2.22.